The fourth-order valence-corrected chi connectivity index (χ4v) is 3.04. The van der Waals surface area contributed by atoms with Crippen LogP contribution in [-0.4, -0.2) is 37.0 Å². The molecule has 128 valence electrons. The number of nitrogens with one attached hydrogen (secondary N) is 1. The molecule has 23 heavy (non-hydrogen) atoms. The van der Waals surface area contributed by atoms with Crippen molar-refractivity contribution in [2.24, 2.45) is 5.92 Å². The van der Waals surface area contributed by atoms with Crippen molar-refractivity contribution >= 4 is 6.09 Å². The van der Waals surface area contributed by atoms with E-state index in [0.717, 1.165) is 18.4 Å². The molecule has 3 atom stereocenters. The Labute approximate surface area is 138 Å². The van der Waals surface area contributed by atoms with Gasteiger partial charge in [-0.25, -0.2) is 4.79 Å². The largest absolute Gasteiger partial charge is 0.450 e. The molecule has 1 unspecified atom stereocenters. The molecule has 4 nitrogen and oxygen atoms in total. The molecule has 0 aliphatic carbocycles. The van der Waals surface area contributed by atoms with Crippen molar-refractivity contribution in [3.63, 3.8) is 0 Å². The Morgan fingerprint density at radius 2 is 2.17 bits per heavy atom. The number of nitrogens with zero attached hydrogens (tertiary/aromatic N) is 1. The van der Waals surface area contributed by atoms with Gasteiger partial charge in [-0.2, -0.15) is 0 Å². The first kappa shape index (κ1) is 17.7. The number of alkyl carbamates (subject to hydrolysis) is 1. The fraction of sp³-hybridized carbons (Fsp3) is 0.611. The first-order valence-corrected chi connectivity index (χ1v) is 8.45. The van der Waals surface area contributed by atoms with Crippen molar-refractivity contribution in [3.8, 4) is 0 Å². The SMILES string of the molecule is CCCCOC(=O)NC1C[C@H](CF)CN1[C@H](C)c1ccccc1. The van der Waals surface area contributed by atoms with Gasteiger partial charge in [0.05, 0.1) is 19.4 Å². The minimum Gasteiger partial charge on any atom is -0.450 e. The van der Waals surface area contributed by atoms with Gasteiger partial charge in [0.25, 0.3) is 0 Å². The minimum atomic E-state index is -0.409. The third-order valence-corrected chi connectivity index (χ3v) is 4.44. The summed E-state index contributed by atoms with van der Waals surface area (Å²) in [4.78, 5) is 14.1. The average Bonchev–Trinajstić information content (AvgIpc) is 2.98. The Hall–Kier alpha value is -1.62. The summed E-state index contributed by atoms with van der Waals surface area (Å²) >= 11 is 0. The average molecular weight is 322 g/mol. The van der Waals surface area contributed by atoms with Crippen molar-refractivity contribution in [1.29, 1.82) is 0 Å². The maximum Gasteiger partial charge on any atom is 0.408 e. The van der Waals surface area contributed by atoms with Gasteiger partial charge in [0, 0.05) is 18.5 Å². The normalized spacial score (nSPS) is 22.7. The van der Waals surface area contributed by atoms with Crippen molar-refractivity contribution in [1.82, 2.24) is 10.2 Å². The number of carbonyl (C=O) groups is 1. The highest BCUT2D eigenvalue weighted by molar-refractivity contribution is 5.67. The zero-order chi connectivity index (χ0) is 16.7. The molecule has 5 heteroatoms. The van der Waals surface area contributed by atoms with Crippen molar-refractivity contribution in [2.45, 2.75) is 45.3 Å². The summed E-state index contributed by atoms with van der Waals surface area (Å²) in [6, 6.07) is 10.2. The van der Waals surface area contributed by atoms with E-state index < -0.39 is 6.09 Å². The van der Waals surface area contributed by atoms with E-state index in [4.69, 9.17) is 4.74 Å². The Morgan fingerprint density at radius 3 is 2.83 bits per heavy atom. The Balaban J connectivity index is 1.99. The number of hydrogen-bond donors (Lipinski definition) is 1. The summed E-state index contributed by atoms with van der Waals surface area (Å²) in [6.07, 6.45) is 1.87. The molecule has 1 aliphatic heterocycles. The lowest BCUT2D eigenvalue weighted by atomic mass is 10.1. The molecule has 0 aromatic heterocycles. The highest BCUT2D eigenvalue weighted by Crippen LogP contribution is 2.31. The van der Waals surface area contributed by atoms with E-state index in [1.807, 2.05) is 25.1 Å². The number of benzene rings is 1. The number of likely N-dealkylation sites (tertiary alicyclic amines) is 1. The van der Waals surface area contributed by atoms with E-state index in [9.17, 15) is 9.18 Å². The molecule has 0 saturated carbocycles. The number of amides is 1. The second kappa shape index (κ2) is 8.87. The van der Waals surface area contributed by atoms with Gasteiger partial charge in [-0.05, 0) is 25.3 Å². The first-order chi connectivity index (χ1) is 11.2. The van der Waals surface area contributed by atoms with Crippen LogP contribution >= 0.6 is 0 Å². The summed E-state index contributed by atoms with van der Waals surface area (Å²) in [5, 5.41) is 2.90. The number of unbranched alkanes of at least 4 members (excludes halogenated alkanes) is 1. The second-order valence-corrected chi connectivity index (χ2v) is 6.19. The number of rotatable bonds is 7. The quantitative estimate of drug-likeness (QED) is 0.774. The Bertz CT molecular complexity index is 483. The van der Waals surface area contributed by atoms with Crippen LogP contribution < -0.4 is 5.32 Å². The van der Waals surface area contributed by atoms with Crippen LogP contribution in [0.15, 0.2) is 30.3 Å². The predicted molar refractivity (Wildman–Crippen MR) is 88.8 cm³/mol. The molecular weight excluding hydrogens is 295 g/mol. The minimum absolute atomic E-state index is 0.0397. The molecular formula is C18H27FN2O2. The smallest absolute Gasteiger partial charge is 0.408 e. The third kappa shape index (κ3) is 4.93. The summed E-state index contributed by atoms with van der Waals surface area (Å²) < 4.78 is 18.3. The molecule has 1 N–H and O–H groups in total. The standard InChI is InChI=1S/C18H27FN2O2/c1-3-4-10-23-18(22)20-17-11-15(12-19)13-21(17)14(2)16-8-6-5-7-9-16/h5-9,14-15,17H,3-4,10-13H2,1-2H3,(H,20,22)/t14-,15-,17?/m1/s1. The molecule has 1 heterocycles. The lowest BCUT2D eigenvalue weighted by molar-refractivity contribution is 0.114. The van der Waals surface area contributed by atoms with E-state index in [1.165, 1.54) is 0 Å². The van der Waals surface area contributed by atoms with Gasteiger partial charge in [-0.3, -0.25) is 9.29 Å². The number of hydrogen-bond acceptors (Lipinski definition) is 3. The number of ether oxygens (including phenoxy) is 1. The summed E-state index contributed by atoms with van der Waals surface area (Å²) in [7, 11) is 0. The first-order valence-electron chi connectivity index (χ1n) is 8.45. The van der Waals surface area contributed by atoms with E-state index in [1.54, 1.807) is 0 Å². The van der Waals surface area contributed by atoms with Crippen LogP contribution in [0.5, 0.6) is 0 Å². The van der Waals surface area contributed by atoms with Crippen LogP contribution in [0.3, 0.4) is 0 Å². The monoisotopic (exact) mass is 322 g/mol. The molecule has 1 aromatic carbocycles. The maximum absolute atomic E-state index is 13.1. The molecule has 1 amide bonds. The van der Waals surface area contributed by atoms with Crippen LogP contribution in [0.1, 0.15) is 44.7 Å². The van der Waals surface area contributed by atoms with E-state index in [0.29, 0.717) is 19.6 Å². The van der Waals surface area contributed by atoms with Gasteiger partial charge in [-0.15, -0.1) is 0 Å². The summed E-state index contributed by atoms with van der Waals surface area (Å²) in [5.41, 5.74) is 1.16. The number of carbonyl (C=O) groups excluding carboxylic acids is 1. The molecule has 0 bridgehead atoms. The predicted octanol–water partition coefficient (Wildman–Crippen LogP) is 3.89. The number of halogens is 1. The van der Waals surface area contributed by atoms with E-state index in [-0.39, 0.29) is 24.8 Å². The van der Waals surface area contributed by atoms with Crippen LogP contribution in [0.2, 0.25) is 0 Å². The molecule has 0 radical (unpaired) electrons. The summed E-state index contributed by atoms with van der Waals surface area (Å²) in [6.45, 7) is 4.85. The molecule has 1 saturated heterocycles. The molecule has 1 aliphatic rings. The maximum atomic E-state index is 13.1. The summed E-state index contributed by atoms with van der Waals surface area (Å²) in [5.74, 6) is -0.0397. The number of alkyl halides is 1. The zero-order valence-corrected chi connectivity index (χ0v) is 14.0. The lowest BCUT2D eigenvalue weighted by Crippen LogP contribution is -2.45. The molecule has 1 fully saturated rings. The lowest BCUT2D eigenvalue weighted by Gasteiger charge is -2.31. The Morgan fingerprint density at radius 1 is 1.43 bits per heavy atom. The highest BCUT2D eigenvalue weighted by atomic mass is 19.1. The van der Waals surface area contributed by atoms with Gasteiger partial charge in [0.1, 0.15) is 0 Å². The van der Waals surface area contributed by atoms with Crippen LogP contribution in [0.25, 0.3) is 0 Å². The van der Waals surface area contributed by atoms with E-state index >= 15 is 0 Å². The molecule has 0 spiro atoms. The van der Waals surface area contributed by atoms with Crippen molar-refractivity contribution < 1.29 is 13.9 Å². The zero-order valence-electron chi connectivity index (χ0n) is 14.0. The van der Waals surface area contributed by atoms with Gasteiger partial charge >= 0.3 is 6.09 Å². The fourth-order valence-electron chi connectivity index (χ4n) is 3.04. The van der Waals surface area contributed by atoms with Crippen LogP contribution in [0, 0.1) is 5.92 Å². The topological polar surface area (TPSA) is 41.6 Å². The Kier molecular flexibility index (Phi) is 6.84. The van der Waals surface area contributed by atoms with Gasteiger partial charge in [-0.1, -0.05) is 43.7 Å². The van der Waals surface area contributed by atoms with Gasteiger partial charge < -0.3 is 10.1 Å². The van der Waals surface area contributed by atoms with Crippen LogP contribution in [-0.2, 0) is 4.74 Å². The molecule has 2 rings (SSSR count). The van der Waals surface area contributed by atoms with Crippen molar-refractivity contribution in [3.05, 3.63) is 35.9 Å². The van der Waals surface area contributed by atoms with Crippen LogP contribution in [0.4, 0.5) is 9.18 Å². The van der Waals surface area contributed by atoms with E-state index in [2.05, 4.69) is 29.3 Å². The van der Waals surface area contributed by atoms with Gasteiger partial charge in [0.2, 0.25) is 0 Å². The second-order valence-electron chi connectivity index (χ2n) is 6.19. The van der Waals surface area contributed by atoms with Gasteiger partial charge in [0.15, 0.2) is 0 Å². The van der Waals surface area contributed by atoms with Crippen molar-refractivity contribution in [2.75, 3.05) is 19.8 Å². The third-order valence-electron chi connectivity index (χ3n) is 4.44. The molecule has 1 aromatic rings. The highest BCUT2D eigenvalue weighted by Gasteiger charge is 2.36.